The maximum absolute atomic E-state index is 11.0. The molecule has 21 heavy (non-hydrogen) atoms. The molecule has 0 saturated carbocycles. The number of benzene rings is 1. The molecule has 0 heterocycles. The monoisotopic (exact) mass is 292 g/mol. The van der Waals surface area contributed by atoms with Crippen LogP contribution in [0.1, 0.15) is 12.0 Å². The van der Waals surface area contributed by atoms with Gasteiger partial charge in [0.05, 0.1) is 5.92 Å². The maximum atomic E-state index is 11.0. The summed E-state index contributed by atoms with van der Waals surface area (Å²) in [6, 6.07) is 6.30. The van der Waals surface area contributed by atoms with Crippen molar-refractivity contribution in [2.75, 3.05) is 0 Å². The van der Waals surface area contributed by atoms with Crippen molar-refractivity contribution in [3.05, 3.63) is 48.1 Å². The lowest BCUT2D eigenvalue weighted by atomic mass is 9.94. The van der Waals surface area contributed by atoms with Gasteiger partial charge < -0.3 is 20.4 Å². The molecule has 2 atom stereocenters. The molecule has 1 aromatic rings. The third-order valence-corrected chi connectivity index (χ3v) is 2.84. The second kappa shape index (κ2) is 7.25. The van der Waals surface area contributed by atoms with Gasteiger partial charge in [0.15, 0.2) is 6.10 Å². The van der Waals surface area contributed by atoms with Gasteiger partial charge in [-0.1, -0.05) is 36.4 Å². The summed E-state index contributed by atoms with van der Waals surface area (Å²) in [5.41, 5.74) is 1.13. The van der Waals surface area contributed by atoms with Crippen molar-refractivity contribution in [3.8, 4) is 5.75 Å². The van der Waals surface area contributed by atoms with E-state index in [2.05, 4.69) is 6.58 Å². The number of carbonyl (C=O) groups is 2. The van der Waals surface area contributed by atoms with Gasteiger partial charge >= 0.3 is 11.9 Å². The zero-order valence-corrected chi connectivity index (χ0v) is 11.1. The molecule has 0 spiro atoms. The molecular weight excluding hydrogens is 276 g/mol. The third kappa shape index (κ3) is 5.12. The number of phenolic OH excluding ortho intramolecular Hbond substituents is 1. The quantitative estimate of drug-likeness (QED) is 0.566. The summed E-state index contributed by atoms with van der Waals surface area (Å²) >= 11 is 0. The Labute approximate surface area is 121 Å². The van der Waals surface area contributed by atoms with Crippen LogP contribution in [0.15, 0.2) is 42.5 Å². The summed E-state index contributed by atoms with van der Waals surface area (Å²) in [5.74, 6) is -4.32. The van der Waals surface area contributed by atoms with E-state index in [0.29, 0.717) is 5.57 Å². The number of carboxylic acid groups (broad SMARTS) is 2. The molecule has 6 nitrogen and oxygen atoms in total. The standard InChI is InChI=1S/C15H16O6/c1-9(2-3-10-4-6-11(16)7-5-10)8-12(14(18)19)13(17)15(20)21/h2-7,12-13,16-17H,1,8H2,(H,18,19)(H,20,21)/b3-2-. The molecule has 0 aliphatic carbocycles. The van der Waals surface area contributed by atoms with E-state index in [-0.39, 0.29) is 12.2 Å². The molecule has 0 bridgehead atoms. The Hall–Kier alpha value is -2.60. The lowest BCUT2D eigenvalue weighted by Gasteiger charge is -2.15. The van der Waals surface area contributed by atoms with Crippen LogP contribution in [0.25, 0.3) is 6.08 Å². The number of hydrogen-bond donors (Lipinski definition) is 4. The van der Waals surface area contributed by atoms with Crippen molar-refractivity contribution < 1.29 is 30.0 Å². The Morgan fingerprint density at radius 3 is 2.19 bits per heavy atom. The molecule has 0 fully saturated rings. The Balaban J connectivity index is 2.72. The highest BCUT2D eigenvalue weighted by Gasteiger charge is 2.31. The molecule has 112 valence electrons. The summed E-state index contributed by atoms with van der Waals surface area (Å²) < 4.78 is 0. The van der Waals surface area contributed by atoms with Crippen LogP contribution in [0.5, 0.6) is 5.75 Å². The molecule has 0 aromatic heterocycles. The van der Waals surface area contributed by atoms with Gasteiger partial charge in [-0.3, -0.25) is 4.79 Å². The second-order valence-electron chi connectivity index (χ2n) is 4.52. The fourth-order valence-corrected chi connectivity index (χ4v) is 1.66. The maximum Gasteiger partial charge on any atom is 0.333 e. The van der Waals surface area contributed by atoms with E-state index in [4.69, 9.17) is 15.3 Å². The predicted octanol–water partition coefficient (Wildman–Crippen LogP) is 1.50. The summed E-state index contributed by atoms with van der Waals surface area (Å²) in [7, 11) is 0. The Bertz CT molecular complexity index is 558. The highest BCUT2D eigenvalue weighted by atomic mass is 16.4. The van der Waals surface area contributed by atoms with Crippen LogP contribution < -0.4 is 0 Å². The first kappa shape index (κ1) is 16.5. The highest BCUT2D eigenvalue weighted by molar-refractivity contribution is 5.81. The zero-order chi connectivity index (χ0) is 16.0. The van der Waals surface area contributed by atoms with Crippen molar-refractivity contribution in [2.24, 2.45) is 5.92 Å². The van der Waals surface area contributed by atoms with Gasteiger partial charge in [0, 0.05) is 0 Å². The number of hydrogen-bond acceptors (Lipinski definition) is 4. The van der Waals surface area contributed by atoms with Gasteiger partial charge in [-0.25, -0.2) is 4.79 Å². The molecule has 4 N–H and O–H groups in total. The molecule has 2 unspecified atom stereocenters. The van der Waals surface area contributed by atoms with Crippen molar-refractivity contribution >= 4 is 18.0 Å². The zero-order valence-electron chi connectivity index (χ0n) is 11.1. The Kier molecular flexibility index (Phi) is 5.68. The summed E-state index contributed by atoms with van der Waals surface area (Å²) in [4.78, 5) is 21.6. The fourth-order valence-electron chi connectivity index (χ4n) is 1.66. The predicted molar refractivity (Wildman–Crippen MR) is 75.7 cm³/mol. The van der Waals surface area contributed by atoms with E-state index in [9.17, 15) is 14.7 Å². The van der Waals surface area contributed by atoms with Crippen LogP contribution in [0.4, 0.5) is 0 Å². The SMILES string of the molecule is C=C(/C=C\c1ccc(O)cc1)CC(C(=O)O)C(O)C(=O)O. The molecule has 0 saturated heterocycles. The Morgan fingerprint density at radius 2 is 1.71 bits per heavy atom. The van der Waals surface area contributed by atoms with Gasteiger partial charge in [-0.15, -0.1) is 0 Å². The lowest BCUT2D eigenvalue weighted by molar-refractivity contribution is -0.159. The minimum Gasteiger partial charge on any atom is -0.508 e. The molecule has 0 amide bonds. The Morgan fingerprint density at radius 1 is 1.14 bits per heavy atom. The van der Waals surface area contributed by atoms with Crippen LogP contribution in [-0.2, 0) is 9.59 Å². The normalized spacial score (nSPS) is 13.8. The van der Waals surface area contributed by atoms with Crippen LogP contribution in [0.2, 0.25) is 0 Å². The van der Waals surface area contributed by atoms with Crippen molar-refractivity contribution in [2.45, 2.75) is 12.5 Å². The number of allylic oxidation sites excluding steroid dienone is 2. The number of aliphatic carboxylic acids is 2. The summed E-state index contributed by atoms with van der Waals surface area (Å²) in [6.45, 7) is 3.65. The van der Waals surface area contributed by atoms with Gasteiger partial charge in [0.25, 0.3) is 0 Å². The van der Waals surface area contributed by atoms with Gasteiger partial charge in [-0.2, -0.15) is 0 Å². The number of rotatable bonds is 7. The first-order chi connectivity index (χ1) is 9.81. The van der Waals surface area contributed by atoms with Gasteiger partial charge in [0.2, 0.25) is 0 Å². The van der Waals surface area contributed by atoms with Crippen LogP contribution in [0.3, 0.4) is 0 Å². The van der Waals surface area contributed by atoms with Crippen LogP contribution in [0, 0.1) is 5.92 Å². The van der Waals surface area contributed by atoms with E-state index in [1.54, 1.807) is 18.2 Å². The largest absolute Gasteiger partial charge is 0.508 e. The van der Waals surface area contributed by atoms with Crippen LogP contribution in [-0.4, -0.2) is 38.5 Å². The van der Waals surface area contributed by atoms with Crippen molar-refractivity contribution in [1.82, 2.24) is 0 Å². The molecule has 1 aromatic carbocycles. The van der Waals surface area contributed by atoms with Gasteiger partial charge in [0.1, 0.15) is 5.75 Å². The fraction of sp³-hybridized carbons (Fsp3) is 0.200. The molecular formula is C15H16O6. The minimum absolute atomic E-state index is 0.126. The smallest absolute Gasteiger partial charge is 0.333 e. The highest BCUT2D eigenvalue weighted by Crippen LogP contribution is 2.18. The molecule has 1 rings (SSSR count). The number of aromatic hydroxyl groups is 1. The van der Waals surface area contributed by atoms with Gasteiger partial charge in [-0.05, 0) is 24.1 Å². The van der Waals surface area contributed by atoms with Crippen LogP contribution >= 0.6 is 0 Å². The minimum atomic E-state index is -1.98. The molecule has 6 heteroatoms. The topological polar surface area (TPSA) is 115 Å². The number of aliphatic hydroxyl groups is 1. The second-order valence-corrected chi connectivity index (χ2v) is 4.52. The summed E-state index contributed by atoms with van der Waals surface area (Å²) in [5, 5.41) is 36.1. The number of phenols is 1. The average Bonchev–Trinajstić information content (AvgIpc) is 2.43. The van der Waals surface area contributed by atoms with Crippen molar-refractivity contribution in [1.29, 1.82) is 0 Å². The first-order valence-electron chi connectivity index (χ1n) is 6.10. The molecule has 0 aliphatic heterocycles. The van der Waals surface area contributed by atoms with Crippen molar-refractivity contribution in [3.63, 3.8) is 0 Å². The van der Waals surface area contributed by atoms with E-state index >= 15 is 0 Å². The van der Waals surface area contributed by atoms with E-state index < -0.39 is 24.0 Å². The number of carboxylic acids is 2. The lowest BCUT2D eigenvalue weighted by Crippen LogP contribution is -2.34. The third-order valence-electron chi connectivity index (χ3n) is 2.84. The molecule has 0 radical (unpaired) electrons. The van der Waals surface area contributed by atoms with E-state index in [0.717, 1.165) is 5.56 Å². The average molecular weight is 292 g/mol. The first-order valence-corrected chi connectivity index (χ1v) is 6.10. The molecule has 0 aliphatic rings. The van der Waals surface area contributed by atoms with E-state index in [1.165, 1.54) is 18.2 Å². The number of aliphatic hydroxyl groups excluding tert-OH is 1. The summed E-state index contributed by atoms with van der Waals surface area (Å²) in [6.07, 6.45) is 1.02. The van der Waals surface area contributed by atoms with E-state index in [1.807, 2.05) is 0 Å².